The molecule has 1 aromatic carbocycles. The number of rotatable bonds is 6. The van der Waals surface area contributed by atoms with E-state index in [2.05, 4.69) is 57.6 Å². The van der Waals surface area contributed by atoms with E-state index in [0.717, 1.165) is 43.1 Å². The Morgan fingerprint density at radius 2 is 2.04 bits per heavy atom. The maximum atomic E-state index is 6.27. The summed E-state index contributed by atoms with van der Waals surface area (Å²) in [5.74, 6) is 2.18. The van der Waals surface area contributed by atoms with Crippen LogP contribution in [0.2, 0.25) is 5.02 Å². The summed E-state index contributed by atoms with van der Waals surface area (Å²) in [4.78, 5) is 9.44. The molecule has 0 aliphatic carbocycles. The third kappa shape index (κ3) is 5.62. The molecule has 0 saturated carbocycles. The van der Waals surface area contributed by atoms with Crippen molar-refractivity contribution in [2.24, 2.45) is 16.8 Å². The van der Waals surface area contributed by atoms with Crippen LogP contribution in [0.15, 0.2) is 29.3 Å². The molecule has 2 aliphatic rings. The van der Waals surface area contributed by atoms with Crippen LogP contribution in [0.3, 0.4) is 0 Å². The number of nitrogens with zero attached hydrogens (tertiary/aromatic N) is 3. The summed E-state index contributed by atoms with van der Waals surface area (Å²) in [7, 11) is 4.09. The average molecular weight is 406 g/mol. The molecule has 0 bridgehead atoms. The maximum absolute atomic E-state index is 6.27. The van der Waals surface area contributed by atoms with E-state index in [9.17, 15) is 0 Å². The Kier molecular flexibility index (Phi) is 8.00. The zero-order valence-corrected chi connectivity index (χ0v) is 18.4. The molecule has 0 aromatic heterocycles. The fourth-order valence-corrected chi connectivity index (χ4v) is 4.95. The minimum Gasteiger partial charge on any atom is -0.356 e. The zero-order chi connectivity index (χ0) is 19.9. The summed E-state index contributed by atoms with van der Waals surface area (Å²) in [6.07, 6.45) is 3.74. The van der Waals surface area contributed by atoms with Gasteiger partial charge < -0.3 is 15.5 Å². The molecule has 3 atom stereocenters. The van der Waals surface area contributed by atoms with Crippen LogP contribution in [-0.2, 0) is 0 Å². The molecule has 6 heteroatoms. The summed E-state index contributed by atoms with van der Waals surface area (Å²) < 4.78 is 0. The molecule has 3 unspecified atom stereocenters. The Balaban J connectivity index is 1.54. The van der Waals surface area contributed by atoms with Gasteiger partial charge in [0.15, 0.2) is 5.96 Å². The second-order valence-electron chi connectivity index (χ2n) is 8.26. The number of piperidine rings is 1. The Labute approximate surface area is 175 Å². The molecule has 2 aliphatic heterocycles. The van der Waals surface area contributed by atoms with Crippen LogP contribution < -0.4 is 10.6 Å². The third-order valence-corrected chi connectivity index (χ3v) is 6.56. The largest absolute Gasteiger partial charge is 0.356 e. The minimum atomic E-state index is 0.394. The predicted molar refractivity (Wildman–Crippen MR) is 119 cm³/mol. The summed E-state index contributed by atoms with van der Waals surface area (Å²) in [6, 6.07) is 8.74. The monoisotopic (exact) mass is 405 g/mol. The average Bonchev–Trinajstić information content (AvgIpc) is 3.16. The van der Waals surface area contributed by atoms with Crippen molar-refractivity contribution in [3.8, 4) is 0 Å². The van der Waals surface area contributed by atoms with Gasteiger partial charge in [-0.05, 0) is 75.5 Å². The van der Waals surface area contributed by atoms with Crippen molar-refractivity contribution in [2.45, 2.75) is 32.2 Å². The topological polar surface area (TPSA) is 42.9 Å². The maximum Gasteiger partial charge on any atom is 0.190 e. The van der Waals surface area contributed by atoms with Crippen molar-refractivity contribution < 1.29 is 0 Å². The number of halogens is 1. The molecule has 5 nitrogen and oxygen atoms in total. The van der Waals surface area contributed by atoms with E-state index in [1.165, 1.54) is 37.9 Å². The van der Waals surface area contributed by atoms with Crippen molar-refractivity contribution in [1.82, 2.24) is 20.4 Å². The third-order valence-electron chi connectivity index (χ3n) is 6.33. The normalized spacial score (nSPS) is 27.1. The summed E-state index contributed by atoms with van der Waals surface area (Å²) in [5, 5.41) is 7.95. The Morgan fingerprint density at radius 3 is 2.75 bits per heavy atom. The summed E-state index contributed by atoms with van der Waals surface area (Å²) in [6.45, 7) is 8.88. The first-order valence-corrected chi connectivity index (χ1v) is 11.1. The summed E-state index contributed by atoms with van der Waals surface area (Å²) >= 11 is 6.27. The minimum absolute atomic E-state index is 0.394. The van der Waals surface area contributed by atoms with Crippen molar-refractivity contribution in [1.29, 1.82) is 0 Å². The second kappa shape index (κ2) is 10.5. The van der Waals surface area contributed by atoms with Gasteiger partial charge in [-0.3, -0.25) is 9.89 Å². The van der Waals surface area contributed by atoms with Gasteiger partial charge in [0.1, 0.15) is 0 Å². The Hall–Kier alpha value is -1.30. The Bertz CT molecular complexity index is 650. The molecular formula is C22H36ClN5. The van der Waals surface area contributed by atoms with Crippen LogP contribution in [0.4, 0.5) is 0 Å². The predicted octanol–water partition coefficient (Wildman–Crippen LogP) is 3.23. The van der Waals surface area contributed by atoms with Crippen molar-refractivity contribution >= 4 is 17.6 Å². The van der Waals surface area contributed by atoms with Gasteiger partial charge in [-0.15, -0.1) is 0 Å². The molecule has 28 heavy (non-hydrogen) atoms. The van der Waals surface area contributed by atoms with Gasteiger partial charge in [0.25, 0.3) is 0 Å². The lowest BCUT2D eigenvalue weighted by atomic mass is 9.85. The SMILES string of the molecule is CCN1CCC(CNC(=NC)NCC2CCCN(C)C2c2cccc(Cl)c2)C1. The van der Waals surface area contributed by atoms with Crippen LogP contribution in [0, 0.1) is 11.8 Å². The van der Waals surface area contributed by atoms with Crippen LogP contribution in [0.5, 0.6) is 0 Å². The number of guanidine groups is 1. The van der Waals surface area contributed by atoms with Crippen molar-refractivity contribution in [2.75, 3.05) is 53.4 Å². The number of benzene rings is 1. The number of likely N-dealkylation sites (tertiary alicyclic amines) is 2. The van der Waals surface area contributed by atoms with Gasteiger partial charge in [-0.25, -0.2) is 0 Å². The highest BCUT2D eigenvalue weighted by Gasteiger charge is 2.30. The van der Waals surface area contributed by atoms with Gasteiger partial charge >= 0.3 is 0 Å². The van der Waals surface area contributed by atoms with E-state index >= 15 is 0 Å². The highest BCUT2D eigenvalue weighted by atomic mass is 35.5. The zero-order valence-electron chi connectivity index (χ0n) is 17.6. The smallest absolute Gasteiger partial charge is 0.190 e. The highest BCUT2D eigenvalue weighted by molar-refractivity contribution is 6.30. The second-order valence-corrected chi connectivity index (χ2v) is 8.70. The first-order chi connectivity index (χ1) is 13.6. The lowest BCUT2D eigenvalue weighted by Crippen LogP contribution is -2.46. The lowest BCUT2D eigenvalue weighted by Gasteiger charge is -2.40. The number of nitrogens with one attached hydrogen (secondary N) is 2. The quantitative estimate of drug-likeness (QED) is 0.563. The molecule has 2 heterocycles. The molecule has 2 saturated heterocycles. The standard InChI is InChI=1S/C22H36ClN5/c1-4-28-12-10-17(16-28)14-25-22(24-2)26-15-19-8-6-11-27(3)21(19)18-7-5-9-20(23)13-18/h5,7,9,13,17,19,21H,4,6,8,10-12,14-16H2,1-3H3,(H2,24,25,26). The summed E-state index contributed by atoms with van der Waals surface area (Å²) in [5.41, 5.74) is 1.31. The van der Waals surface area contributed by atoms with E-state index in [4.69, 9.17) is 11.6 Å². The molecule has 0 spiro atoms. The molecule has 1 aromatic rings. The first-order valence-electron chi connectivity index (χ1n) is 10.7. The van der Waals surface area contributed by atoms with Gasteiger partial charge in [0.2, 0.25) is 0 Å². The highest BCUT2D eigenvalue weighted by Crippen LogP contribution is 2.35. The number of hydrogen-bond acceptors (Lipinski definition) is 3. The van der Waals surface area contributed by atoms with E-state index in [1.807, 2.05) is 13.1 Å². The molecule has 156 valence electrons. The van der Waals surface area contributed by atoms with Crippen LogP contribution in [0.1, 0.15) is 37.8 Å². The molecule has 2 N–H and O–H groups in total. The van der Waals surface area contributed by atoms with Crippen molar-refractivity contribution in [3.05, 3.63) is 34.9 Å². The number of aliphatic imine (C=N–C) groups is 1. The van der Waals surface area contributed by atoms with Crippen LogP contribution in [-0.4, -0.2) is 69.1 Å². The number of hydrogen-bond donors (Lipinski definition) is 2. The van der Waals surface area contributed by atoms with Crippen LogP contribution >= 0.6 is 11.6 Å². The van der Waals surface area contributed by atoms with E-state index in [1.54, 1.807) is 0 Å². The fraction of sp³-hybridized carbons (Fsp3) is 0.682. The fourth-order valence-electron chi connectivity index (χ4n) is 4.75. The lowest BCUT2D eigenvalue weighted by molar-refractivity contribution is 0.122. The van der Waals surface area contributed by atoms with Gasteiger partial charge in [0, 0.05) is 37.7 Å². The molecule has 2 fully saturated rings. The van der Waals surface area contributed by atoms with Crippen LogP contribution in [0.25, 0.3) is 0 Å². The first kappa shape index (κ1) is 21.4. The molecule has 0 amide bonds. The van der Waals surface area contributed by atoms with Crippen molar-refractivity contribution in [3.63, 3.8) is 0 Å². The van der Waals surface area contributed by atoms with E-state index in [0.29, 0.717) is 12.0 Å². The van der Waals surface area contributed by atoms with Gasteiger partial charge in [-0.2, -0.15) is 0 Å². The van der Waals surface area contributed by atoms with E-state index < -0.39 is 0 Å². The molecule has 0 radical (unpaired) electrons. The molecular weight excluding hydrogens is 370 g/mol. The van der Waals surface area contributed by atoms with Gasteiger partial charge in [-0.1, -0.05) is 30.7 Å². The Morgan fingerprint density at radius 1 is 1.21 bits per heavy atom. The van der Waals surface area contributed by atoms with E-state index in [-0.39, 0.29) is 0 Å². The molecule has 3 rings (SSSR count). The van der Waals surface area contributed by atoms with Gasteiger partial charge in [0.05, 0.1) is 0 Å².